The van der Waals surface area contributed by atoms with Gasteiger partial charge in [-0.15, -0.1) is 0 Å². The lowest BCUT2D eigenvalue weighted by Gasteiger charge is -2.26. The third-order valence-electron chi connectivity index (χ3n) is 5.25. The standard InChI is InChI=1S/C22H34N4O4/c1-16(2)23-22(29)24-21(28)17(3)25-12-5-13-26(15-14-25)20(27)11-8-18-6-9-19(30-4)10-7-18/h6-7,9-10,16-17H,5,8,11-15H2,1-4H3,(H2,23,24,28,29). The van der Waals surface area contributed by atoms with Gasteiger partial charge in [0.2, 0.25) is 11.8 Å². The van der Waals surface area contributed by atoms with Crippen molar-refractivity contribution in [3.8, 4) is 5.75 Å². The van der Waals surface area contributed by atoms with E-state index in [4.69, 9.17) is 4.74 Å². The van der Waals surface area contributed by atoms with Gasteiger partial charge >= 0.3 is 6.03 Å². The average Bonchev–Trinajstić information content (AvgIpc) is 2.97. The fourth-order valence-electron chi connectivity index (χ4n) is 3.46. The zero-order chi connectivity index (χ0) is 22.1. The molecule has 2 rings (SSSR count). The second kappa shape index (κ2) is 11.5. The van der Waals surface area contributed by atoms with Gasteiger partial charge in [0.25, 0.3) is 0 Å². The van der Waals surface area contributed by atoms with Crippen LogP contribution in [-0.2, 0) is 16.0 Å². The third-order valence-corrected chi connectivity index (χ3v) is 5.25. The summed E-state index contributed by atoms with van der Waals surface area (Å²) in [6.45, 7) is 8.04. The smallest absolute Gasteiger partial charge is 0.321 e. The SMILES string of the molecule is COc1ccc(CCC(=O)N2CCCN(C(C)C(=O)NC(=O)NC(C)C)CC2)cc1. The van der Waals surface area contributed by atoms with E-state index in [-0.39, 0.29) is 17.9 Å². The summed E-state index contributed by atoms with van der Waals surface area (Å²) in [5.74, 6) is 0.603. The topological polar surface area (TPSA) is 91.0 Å². The number of amides is 4. The number of ether oxygens (including phenoxy) is 1. The minimum Gasteiger partial charge on any atom is -0.497 e. The number of nitrogens with one attached hydrogen (secondary N) is 2. The monoisotopic (exact) mass is 418 g/mol. The number of rotatable bonds is 7. The first-order valence-corrected chi connectivity index (χ1v) is 10.6. The number of nitrogens with zero attached hydrogens (tertiary/aromatic N) is 2. The molecular weight excluding hydrogens is 384 g/mol. The molecule has 1 aromatic carbocycles. The summed E-state index contributed by atoms with van der Waals surface area (Å²) in [7, 11) is 1.63. The van der Waals surface area contributed by atoms with Gasteiger partial charge in [0.15, 0.2) is 0 Å². The molecule has 166 valence electrons. The second-order valence-electron chi connectivity index (χ2n) is 7.91. The predicted molar refractivity (Wildman–Crippen MR) is 115 cm³/mol. The average molecular weight is 419 g/mol. The summed E-state index contributed by atoms with van der Waals surface area (Å²) in [4.78, 5) is 40.7. The number of methoxy groups -OCH3 is 1. The van der Waals surface area contributed by atoms with Crippen LogP contribution in [0.5, 0.6) is 5.75 Å². The Morgan fingerprint density at radius 1 is 1.03 bits per heavy atom. The summed E-state index contributed by atoms with van der Waals surface area (Å²) in [6.07, 6.45) is 1.94. The Bertz CT molecular complexity index is 720. The van der Waals surface area contributed by atoms with E-state index in [2.05, 4.69) is 10.6 Å². The van der Waals surface area contributed by atoms with Crippen LogP contribution in [-0.4, -0.2) is 73.0 Å². The fourth-order valence-corrected chi connectivity index (χ4v) is 3.46. The largest absolute Gasteiger partial charge is 0.497 e. The van der Waals surface area contributed by atoms with Crippen molar-refractivity contribution in [1.29, 1.82) is 0 Å². The number of benzene rings is 1. The lowest BCUT2D eigenvalue weighted by molar-refractivity contribution is -0.131. The molecule has 1 aromatic rings. The van der Waals surface area contributed by atoms with Gasteiger partial charge in [-0.05, 0) is 51.3 Å². The van der Waals surface area contributed by atoms with Crippen molar-refractivity contribution in [1.82, 2.24) is 20.4 Å². The van der Waals surface area contributed by atoms with Gasteiger partial charge in [-0.3, -0.25) is 19.8 Å². The number of hydrogen-bond donors (Lipinski definition) is 2. The van der Waals surface area contributed by atoms with Crippen molar-refractivity contribution in [2.75, 3.05) is 33.3 Å². The molecule has 1 heterocycles. The van der Waals surface area contributed by atoms with Gasteiger partial charge in [-0.25, -0.2) is 4.79 Å². The first-order valence-electron chi connectivity index (χ1n) is 10.6. The Hall–Kier alpha value is -2.61. The first-order chi connectivity index (χ1) is 14.3. The van der Waals surface area contributed by atoms with Gasteiger partial charge in [0, 0.05) is 38.6 Å². The highest BCUT2D eigenvalue weighted by molar-refractivity contribution is 5.96. The maximum Gasteiger partial charge on any atom is 0.321 e. The van der Waals surface area contributed by atoms with Crippen molar-refractivity contribution in [3.63, 3.8) is 0 Å². The van der Waals surface area contributed by atoms with E-state index in [9.17, 15) is 14.4 Å². The van der Waals surface area contributed by atoms with E-state index in [0.29, 0.717) is 39.0 Å². The van der Waals surface area contributed by atoms with Crippen LogP contribution in [0.25, 0.3) is 0 Å². The van der Waals surface area contributed by atoms with Crippen LogP contribution in [0.1, 0.15) is 39.2 Å². The van der Waals surface area contributed by atoms with Crippen LogP contribution in [0, 0.1) is 0 Å². The van der Waals surface area contributed by atoms with E-state index in [1.807, 2.05) is 47.9 Å². The van der Waals surface area contributed by atoms with Crippen molar-refractivity contribution in [2.24, 2.45) is 0 Å². The molecule has 1 saturated heterocycles. The van der Waals surface area contributed by atoms with Crippen molar-refractivity contribution in [2.45, 2.75) is 52.1 Å². The van der Waals surface area contributed by atoms with Gasteiger partial charge in [-0.2, -0.15) is 0 Å². The molecule has 30 heavy (non-hydrogen) atoms. The van der Waals surface area contributed by atoms with Gasteiger partial charge < -0.3 is 15.0 Å². The van der Waals surface area contributed by atoms with Crippen LogP contribution in [0.4, 0.5) is 4.79 Å². The summed E-state index contributed by atoms with van der Waals surface area (Å²) in [5.41, 5.74) is 1.10. The fraction of sp³-hybridized carbons (Fsp3) is 0.591. The van der Waals surface area contributed by atoms with Crippen LogP contribution in [0.2, 0.25) is 0 Å². The van der Waals surface area contributed by atoms with E-state index < -0.39 is 12.1 Å². The maximum absolute atomic E-state index is 12.7. The Morgan fingerprint density at radius 3 is 2.37 bits per heavy atom. The van der Waals surface area contributed by atoms with E-state index in [1.165, 1.54) is 0 Å². The molecule has 0 bridgehead atoms. The Balaban J connectivity index is 1.80. The van der Waals surface area contributed by atoms with Crippen LogP contribution in [0.3, 0.4) is 0 Å². The van der Waals surface area contributed by atoms with Gasteiger partial charge in [0.05, 0.1) is 13.2 Å². The molecule has 8 heteroatoms. The van der Waals surface area contributed by atoms with E-state index in [1.54, 1.807) is 14.0 Å². The molecule has 0 radical (unpaired) electrons. The van der Waals surface area contributed by atoms with Crippen LogP contribution < -0.4 is 15.4 Å². The molecule has 1 aliphatic heterocycles. The highest BCUT2D eigenvalue weighted by Gasteiger charge is 2.26. The van der Waals surface area contributed by atoms with E-state index in [0.717, 1.165) is 17.7 Å². The number of urea groups is 1. The molecule has 1 fully saturated rings. The van der Waals surface area contributed by atoms with E-state index >= 15 is 0 Å². The number of carbonyl (C=O) groups excluding carboxylic acids is 3. The number of imide groups is 1. The molecular formula is C22H34N4O4. The van der Waals surface area contributed by atoms with Gasteiger partial charge in [0.1, 0.15) is 5.75 Å². The predicted octanol–water partition coefficient (Wildman–Crippen LogP) is 1.78. The quantitative estimate of drug-likeness (QED) is 0.704. The summed E-state index contributed by atoms with van der Waals surface area (Å²) in [6, 6.07) is 6.81. The molecule has 2 N–H and O–H groups in total. The molecule has 1 aliphatic rings. The molecule has 0 aliphatic carbocycles. The lowest BCUT2D eigenvalue weighted by atomic mass is 10.1. The molecule has 8 nitrogen and oxygen atoms in total. The second-order valence-corrected chi connectivity index (χ2v) is 7.91. The third kappa shape index (κ3) is 7.33. The Kier molecular flexibility index (Phi) is 9.11. The van der Waals surface area contributed by atoms with Crippen molar-refractivity contribution in [3.05, 3.63) is 29.8 Å². The minimum absolute atomic E-state index is 0.0382. The summed E-state index contributed by atoms with van der Waals surface area (Å²) in [5, 5.41) is 5.04. The molecule has 0 aromatic heterocycles. The lowest BCUT2D eigenvalue weighted by Crippen LogP contribution is -2.51. The molecule has 4 amide bonds. The molecule has 0 spiro atoms. The molecule has 0 saturated carbocycles. The summed E-state index contributed by atoms with van der Waals surface area (Å²) < 4.78 is 5.16. The minimum atomic E-state index is -0.480. The maximum atomic E-state index is 12.7. The number of carbonyl (C=O) groups is 3. The summed E-state index contributed by atoms with van der Waals surface area (Å²) >= 11 is 0. The molecule has 1 unspecified atom stereocenters. The first kappa shape index (κ1) is 23.7. The van der Waals surface area contributed by atoms with Crippen molar-refractivity contribution < 1.29 is 19.1 Å². The van der Waals surface area contributed by atoms with Gasteiger partial charge in [-0.1, -0.05) is 12.1 Å². The van der Waals surface area contributed by atoms with Crippen molar-refractivity contribution >= 4 is 17.8 Å². The number of aryl methyl sites for hydroxylation is 1. The van der Waals surface area contributed by atoms with Crippen LogP contribution in [0.15, 0.2) is 24.3 Å². The van der Waals surface area contributed by atoms with Crippen LogP contribution >= 0.6 is 0 Å². The highest BCUT2D eigenvalue weighted by Crippen LogP contribution is 2.14. The zero-order valence-corrected chi connectivity index (χ0v) is 18.4. The zero-order valence-electron chi connectivity index (χ0n) is 18.4. The number of hydrogen-bond acceptors (Lipinski definition) is 5. The molecule has 1 atom stereocenters. The highest BCUT2D eigenvalue weighted by atomic mass is 16.5. The normalized spacial score (nSPS) is 16.0. The Morgan fingerprint density at radius 2 is 1.73 bits per heavy atom. The Labute approximate surface area is 178 Å².